The topological polar surface area (TPSA) is 12.0 Å². The molecule has 3 heteroatoms. The first-order valence-electron chi connectivity index (χ1n) is 6.27. The summed E-state index contributed by atoms with van der Waals surface area (Å²) in [6.07, 6.45) is 5.98. The van der Waals surface area contributed by atoms with Gasteiger partial charge in [-0.25, -0.2) is 0 Å². The van der Waals surface area contributed by atoms with Gasteiger partial charge in [-0.3, -0.25) is 0 Å². The van der Waals surface area contributed by atoms with Crippen molar-refractivity contribution >= 4 is 23.5 Å². The van der Waals surface area contributed by atoms with Gasteiger partial charge in [-0.2, -0.15) is 11.8 Å². The summed E-state index contributed by atoms with van der Waals surface area (Å²) in [4.78, 5) is 1.50. The molecule has 1 aromatic carbocycles. The molecule has 0 bridgehead atoms. The predicted molar refractivity (Wildman–Crippen MR) is 80.3 cm³/mol. The van der Waals surface area contributed by atoms with Crippen molar-refractivity contribution in [1.82, 2.24) is 5.32 Å². The first kappa shape index (κ1) is 13.3. The maximum absolute atomic E-state index is 3.44. The molecule has 0 amide bonds. The van der Waals surface area contributed by atoms with E-state index >= 15 is 0 Å². The minimum atomic E-state index is 0.514. The summed E-state index contributed by atoms with van der Waals surface area (Å²) in [5.74, 6) is 2.51. The summed E-state index contributed by atoms with van der Waals surface area (Å²) < 4.78 is 0. The lowest BCUT2D eigenvalue weighted by atomic mass is 10.00. The Hall–Kier alpha value is -0.120. The molecule has 0 spiro atoms. The number of aryl methyl sites for hydroxylation is 1. The van der Waals surface area contributed by atoms with E-state index in [0.717, 1.165) is 0 Å². The van der Waals surface area contributed by atoms with Gasteiger partial charge in [-0.05, 0) is 61.3 Å². The minimum Gasteiger partial charge on any atom is -0.313 e. The van der Waals surface area contributed by atoms with Crippen molar-refractivity contribution < 1.29 is 0 Å². The third-order valence-corrected chi connectivity index (χ3v) is 5.14. The van der Waals surface area contributed by atoms with Gasteiger partial charge in [0.1, 0.15) is 0 Å². The van der Waals surface area contributed by atoms with E-state index in [1.807, 2.05) is 23.5 Å². The molecule has 0 radical (unpaired) electrons. The van der Waals surface area contributed by atoms with Crippen molar-refractivity contribution in [3.63, 3.8) is 0 Å². The molecule has 1 aliphatic heterocycles. The number of hydrogen-bond donors (Lipinski definition) is 1. The Balaban J connectivity index is 2.13. The smallest absolute Gasteiger partial charge is 0.0325 e. The fourth-order valence-electron chi connectivity index (χ4n) is 2.31. The zero-order valence-electron chi connectivity index (χ0n) is 10.7. The van der Waals surface area contributed by atoms with Crippen LogP contribution in [-0.4, -0.2) is 24.8 Å². The largest absolute Gasteiger partial charge is 0.313 e. The molecule has 0 saturated carbocycles. The molecule has 2 rings (SSSR count). The normalized spacial score (nSPS) is 16.6. The summed E-state index contributed by atoms with van der Waals surface area (Å²) in [6.45, 7) is 0. The number of nitrogens with one attached hydrogen (secondary N) is 1. The lowest BCUT2D eigenvalue weighted by Gasteiger charge is -2.20. The number of benzene rings is 1. The van der Waals surface area contributed by atoms with E-state index < -0.39 is 0 Å². The lowest BCUT2D eigenvalue weighted by Crippen LogP contribution is -2.17. The van der Waals surface area contributed by atoms with Crippen LogP contribution >= 0.6 is 23.5 Å². The Kier molecular flexibility index (Phi) is 5.26. The molecular formula is C14H21NS2. The zero-order chi connectivity index (χ0) is 12.1. The summed E-state index contributed by atoms with van der Waals surface area (Å²) in [6, 6.07) is 7.55. The number of rotatable bonds is 5. The molecule has 1 aliphatic rings. The van der Waals surface area contributed by atoms with Crippen molar-refractivity contribution in [3.05, 3.63) is 29.3 Å². The molecule has 1 aromatic rings. The van der Waals surface area contributed by atoms with Gasteiger partial charge in [0.25, 0.3) is 0 Å². The van der Waals surface area contributed by atoms with Crippen LogP contribution in [0, 0.1) is 0 Å². The maximum Gasteiger partial charge on any atom is 0.0325 e. The molecule has 1 nitrogen and oxygen atoms in total. The molecular weight excluding hydrogens is 246 g/mol. The second-order valence-corrected chi connectivity index (χ2v) is 6.56. The van der Waals surface area contributed by atoms with E-state index in [2.05, 4.69) is 36.8 Å². The summed E-state index contributed by atoms with van der Waals surface area (Å²) in [5, 5.41) is 3.44. The molecule has 0 saturated heterocycles. The van der Waals surface area contributed by atoms with Crippen molar-refractivity contribution in [3.8, 4) is 0 Å². The van der Waals surface area contributed by atoms with Gasteiger partial charge in [0.05, 0.1) is 0 Å². The van der Waals surface area contributed by atoms with Crippen LogP contribution in [0.1, 0.15) is 30.0 Å². The van der Waals surface area contributed by atoms with Crippen LogP contribution in [0.3, 0.4) is 0 Å². The second-order valence-electron chi connectivity index (χ2n) is 4.44. The highest BCUT2D eigenvalue weighted by Crippen LogP contribution is 2.32. The first-order chi connectivity index (χ1) is 8.35. The molecule has 1 heterocycles. The van der Waals surface area contributed by atoms with Gasteiger partial charge in [0.15, 0.2) is 0 Å². The molecule has 0 aromatic heterocycles. The fourth-order valence-corrected chi connectivity index (χ4v) is 3.80. The maximum atomic E-state index is 3.44. The quantitative estimate of drug-likeness (QED) is 0.873. The van der Waals surface area contributed by atoms with Crippen LogP contribution in [0.2, 0.25) is 0 Å². The monoisotopic (exact) mass is 267 g/mol. The molecule has 94 valence electrons. The minimum absolute atomic E-state index is 0.514. The van der Waals surface area contributed by atoms with Crippen LogP contribution < -0.4 is 5.32 Å². The van der Waals surface area contributed by atoms with E-state index in [1.165, 1.54) is 41.2 Å². The van der Waals surface area contributed by atoms with Crippen LogP contribution in [-0.2, 0) is 6.42 Å². The Morgan fingerprint density at radius 1 is 1.47 bits per heavy atom. The van der Waals surface area contributed by atoms with Crippen molar-refractivity contribution in [1.29, 1.82) is 0 Å². The Bertz CT molecular complexity index is 365. The van der Waals surface area contributed by atoms with Crippen LogP contribution in [0.5, 0.6) is 0 Å². The average Bonchev–Trinajstić information content (AvgIpc) is 2.39. The van der Waals surface area contributed by atoms with Gasteiger partial charge in [-0.1, -0.05) is 12.1 Å². The Morgan fingerprint density at radius 2 is 2.35 bits per heavy atom. The molecule has 1 unspecified atom stereocenters. The lowest BCUT2D eigenvalue weighted by molar-refractivity contribution is 0.580. The molecule has 1 atom stereocenters. The van der Waals surface area contributed by atoms with Crippen molar-refractivity contribution in [2.45, 2.75) is 30.2 Å². The highest BCUT2D eigenvalue weighted by Gasteiger charge is 2.14. The highest BCUT2D eigenvalue weighted by atomic mass is 32.2. The fraction of sp³-hybridized carbons (Fsp3) is 0.571. The average molecular weight is 267 g/mol. The number of hydrogen-bond acceptors (Lipinski definition) is 3. The summed E-state index contributed by atoms with van der Waals surface area (Å²) >= 11 is 3.93. The SMILES string of the molecule is CNC(CCSC)c1ccc2c(c1)CCCS2. The standard InChI is InChI=1S/C14H21NS2/c1-15-13(7-9-16-2)11-5-6-14-12(10-11)4-3-8-17-14/h5-6,10,13,15H,3-4,7-9H2,1-2H3. The highest BCUT2D eigenvalue weighted by molar-refractivity contribution is 7.99. The van der Waals surface area contributed by atoms with Crippen molar-refractivity contribution in [2.24, 2.45) is 0 Å². The molecule has 0 aliphatic carbocycles. The van der Waals surface area contributed by atoms with Crippen LogP contribution in [0.4, 0.5) is 0 Å². The summed E-state index contributed by atoms with van der Waals surface area (Å²) in [7, 11) is 2.07. The number of fused-ring (bicyclic) bond motifs is 1. The van der Waals surface area contributed by atoms with Crippen LogP contribution in [0.25, 0.3) is 0 Å². The number of thioether (sulfide) groups is 2. The molecule has 0 fully saturated rings. The van der Waals surface area contributed by atoms with Gasteiger partial charge >= 0.3 is 0 Å². The molecule has 1 N–H and O–H groups in total. The van der Waals surface area contributed by atoms with E-state index in [-0.39, 0.29) is 0 Å². The van der Waals surface area contributed by atoms with E-state index in [4.69, 9.17) is 0 Å². The van der Waals surface area contributed by atoms with Crippen LogP contribution in [0.15, 0.2) is 23.1 Å². The van der Waals surface area contributed by atoms with Gasteiger partial charge in [0.2, 0.25) is 0 Å². The third-order valence-electron chi connectivity index (χ3n) is 3.29. The Morgan fingerprint density at radius 3 is 3.12 bits per heavy atom. The Labute approximate surface area is 113 Å². The van der Waals surface area contributed by atoms with E-state index in [1.54, 1.807) is 5.56 Å². The summed E-state index contributed by atoms with van der Waals surface area (Å²) in [5.41, 5.74) is 3.02. The first-order valence-corrected chi connectivity index (χ1v) is 8.65. The van der Waals surface area contributed by atoms with Gasteiger partial charge < -0.3 is 5.32 Å². The second kappa shape index (κ2) is 6.72. The van der Waals surface area contributed by atoms with Crippen molar-refractivity contribution in [2.75, 3.05) is 24.8 Å². The third kappa shape index (κ3) is 3.43. The van der Waals surface area contributed by atoms with E-state index in [0.29, 0.717) is 6.04 Å². The van der Waals surface area contributed by atoms with Gasteiger partial charge in [-0.15, -0.1) is 11.8 Å². The predicted octanol–water partition coefficient (Wildman–Crippen LogP) is 3.74. The van der Waals surface area contributed by atoms with Gasteiger partial charge in [0, 0.05) is 10.9 Å². The zero-order valence-corrected chi connectivity index (χ0v) is 12.3. The van der Waals surface area contributed by atoms with E-state index in [9.17, 15) is 0 Å². The molecule has 17 heavy (non-hydrogen) atoms.